The summed E-state index contributed by atoms with van der Waals surface area (Å²) in [5.41, 5.74) is 0.343. The standard InChI is InChI=1S/C16H14O7S/c1-9-3-6-14(10(2)7-9)24(21,22)23-11-4-5-12(15(17)18)13(8-11)16(19)20/h3-8H,1-2H3,(H,17,18)(H,19,20). The van der Waals surface area contributed by atoms with Crippen molar-refractivity contribution in [2.24, 2.45) is 0 Å². The summed E-state index contributed by atoms with van der Waals surface area (Å²) in [5, 5.41) is 18.0. The van der Waals surface area contributed by atoms with E-state index in [2.05, 4.69) is 0 Å². The van der Waals surface area contributed by atoms with Crippen LogP contribution in [0.4, 0.5) is 0 Å². The topological polar surface area (TPSA) is 118 Å². The third kappa shape index (κ3) is 3.54. The fourth-order valence-corrected chi connectivity index (χ4v) is 3.32. The van der Waals surface area contributed by atoms with Crippen LogP contribution in [0, 0.1) is 13.8 Å². The Morgan fingerprint density at radius 1 is 0.917 bits per heavy atom. The molecule has 8 heteroatoms. The largest absolute Gasteiger partial charge is 0.478 e. The van der Waals surface area contributed by atoms with Gasteiger partial charge in [-0.1, -0.05) is 17.7 Å². The van der Waals surface area contributed by atoms with Gasteiger partial charge in [0, 0.05) is 0 Å². The van der Waals surface area contributed by atoms with Crippen LogP contribution in [-0.4, -0.2) is 30.6 Å². The minimum Gasteiger partial charge on any atom is -0.478 e. The zero-order chi connectivity index (χ0) is 18.1. The van der Waals surface area contributed by atoms with Crippen LogP contribution in [0.3, 0.4) is 0 Å². The molecule has 2 aromatic carbocycles. The molecule has 0 heterocycles. The Hall–Kier alpha value is -2.87. The molecule has 0 aliphatic rings. The normalized spacial score (nSPS) is 11.1. The van der Waals surface area contributed by atoms with Crippen molar-refractivity contribution in [1.82, 2.24) is 0 Å². The van der Waals surface area contributed by atoms with Crippen molar-refractivity contribution in [1.29, 1.82) is 0 Å². The van der Waals surface area contributed by atoms with E-state index in [0.717, 1.165) is 23.8 Å². The molecule has 2 N–H and O–H groups in total. The van der Waals surface area contributed by atoms with Crippen molar-refractivity contribution in [2.45, 2.75) is 18.7 Å². The van der Waals surface area contributed by atoms with Crippen molar-refractivity contribution in [3.8, 4) is 5.75 Å². The lowest BCUT2D eigenvalue weighted by molar-refractivity contribution is 0.0651. The van der Waals surface area contributed by atoms with Gasteiger partial charge in [-0.05, 0) is 43.7 Å². The van der Waals surface area contributed by atoms with Gasteiger partial charge in [0.1, 0.15) is 10.6 Å². The second-order valence-electron chi connectivity index (χ2n) is 5.12. The van der Waals surface area contributed by atoms with Crippen molar-refractivity contribution in [3.05, 3.63) is 58.7 Å². The molecule has 2 aromatic rings. The van der Waals surface area contributed by atoms with E-state index in [1.54, 1.807) is 19.1 Å². The molecule has 24 heavy (non-hydrogen) atoms. The first-order chi connectivity index (χ1) is 11.1. The highest BCUT2D eigenvalue weighted by Crippen LogP contribution is 2.24. The van der Waals surface area contributed by atoms with E-state index in [1.807, 2.05) is 6.92 Å². The van der Waals surface area contributed by atoms with E-state index in [9.17, 15) is 18.0 Å². The zero-order valence-electron chi connectivity index (χ0n) is 12.8. The molecule has 0 bridgehead atoms. The number of carboxylic acids is 2. The van der Waals surface area contributed by atoms with E-state index in [0.29, 0.717) is 5.56 Å². The van der Waals surface area contributed by atoms with Crippen molar-refractivity contribution >= 4 is 22.1 Å². The molecule has 0 radical (unpaired) electrons. The van der Waals surface area contributed by atoms with Crippen LogP contribution in [0.1, 0.15) is 31.8 Å². The summed E-state index contributed by atoms with van der Waals surface area (Å²) in [7, 11) is -4.18. The van der Waals surface area contributed by atoms with Crippen LogP contribution < -0.4 is 4.18 Å². The molecule has 126 valence electrons. The summed E-state index contributed by atoms with van der Waals surface area (Å²) < 4.78 is 29.6. The fourth-order valence-electron chi connectivity index (χ4n) is 2.19. The Morgan fingerprint density at radius 3 is 2.08 bits per heavy atom. The van der Waals surface area contributed by atoms with E-state index in [-0.39, 0.29) is 10.6 Å². The van der Waals surface area contributed by atoms with Crippen molar-refractivity contribution in [2.75, 3.05) is 0 Å². The molecule has 0 spiro atoms. The Kier molecular flexibility index (Phi) is 4.61. The average Bonchev–Trinajstić information content (AvgIpc) is 2.45. The highest BCUT2D eigenvalue weighted by Gasteiger charge is 2.22. The van der Waals surface area contributed by atoms with Gasteiger partial charge in [0.15, 0.2) is 0 Å². The second kappa shape index (κ2) is 6.32. The van der Waals surface area contributed by atoms with Crippen molar-refractivity contribution < 1.29 is 32.4 Å². The van der Waals surface area contributed by atoms with Crippen LogP contribution in [-0.2, 0) is 10.1 Å². The molecule has 0 aliphatic heterocycles. The number of hydrogen-bond donors (Lipinski definition) is 2. The number of hydrogen-bond acceptors (Lipinski definition) is 5. The van der Waals surface area contributed by atoms with Crippen LogP contribution in [0.2, 0.25) is 0 Å². The summed E-state index contributed by atoms with van der Waals surface area (Å²) in [6.45, 7) is 3.42. The number of carboxylic acid groups (broad SMARTS) is 2. The summed E-state index contributed by atoms with van der Waals surface area (Å²) in [6.07, 6.45) is 0. The Balaban J connectivity index is 2.45. The Bertz CT molecular complexity index is 929. The minimum atomic E-state index is -4.18. The maximum absolute atomic E-state index is 12.3. The number of benzene rings is 2. The Labute approximate surface area is 138 Å². The molecule has 7 nitrogen and oxygen atoms in total. The van der Waals surface area contributed by atoms with E-state index < -0.39 is 33.2 Å². The predicted octanol–water partition coefficient (Wildman–Crippen LogP) is 2.47. The number of rotatable bonds is 5. The molecule has 0 amide bonds. The van der Waals surface area contributed by atoms with E-state index in [4.69, 9.17) is 14.4 Å². The first-order valence-corrected chi connectivity index (χ1v) is 8.15. The lowest BCUT2D eigenvalue weighted by atomic mass is 10.1. The van der Waals surface area contributed by atoms with E-state index >= 15 is 0 Å². The summed E-state index contributed by atoms with van der Waals surface area (Å²) in [6, 6.07) is 7.62. The van der Waals surface area contributed by atoms with Gasteiger partial charge >= 0.3 is 22.1 Å². The summed E-state index contributed by atoms with van der Waals surface area (Å²) >= 11 is 0. The number of carbonyl (C=O) groups is 2. The van der Waals surface area contributed by atoms with E-state index in [1.165, 1.54) is 6.07 Å². The molecule has 0 atom stereocenters. The minimum absolute atomic E-state index is 0.0488. The van der Waals surface area contributed by atoms with Gasteiger partial charge in [-0.2, -0.15) is 8.42 Å². The number of aryl methyl sites for hydroxylation is 2. The maximum atomic E-state index is 12.3. The van der Waals surface area contributed by atoms with Crippen LogP contribution in [0.5, 0.6) is 5.75 Å². The number of aromatic carboxylic acids is 2. The van der Waals surface area contributed by atoms with Gasteiger partial charge in [-0.3, -0.25) is 0 Å². The fraction of sp³-hybridized carbons (Fsp3) is 0.125. The molecular weight excluding hydrogens is 336 g/mol. The van der Waals surface area contributed by atoms with Gasteiger partial charge < -0.3 is 14.4 Å². The second-order valence-corrected chi connectivity index (χ2v) is 6.64. The average molecular weight is 350 g/mol. The molecular formula is C16H14O7S. The predicted molar refractivity (Wildman–Crippen MR) is 84.1 cm³/mol. The third-order valence-electron chi connectivity index (χ3n) is 3.26. The SMILES string of the molecule is Cc1ccc(S(=O)(=O)Oc2ccc(C(=O)O)c(C(=O)O)c2)c(C)c1. The molecule has 0 saturated heterocycles. The summed E-state index contributed by atoms with van der Waals surface area (Å²) in [5.74, 6) is -3.21. The summed E-state index contributed by atoms with van der Waals surface area (Å²) in [4.78, 5) is 22.1. The van der Waals surface area contributed by atoms with Crippen molar-refractivity contribution in [3.63, 3.8) is 0 Å². The Morgan fingerprint density at radius 2 is 1.54 bits per heavy atom. The molecule has 0 aliphatic carbocycles. The monoisotopic (exact) mass is 350 g/mol. The maximum Gasteiger partial charge on any atom is 0.339 e. The lowest BCUT2D eigenvalue weighted by Crippen LogP contribution is -2.13. The highest BCUT2D eigenvalue weighted by molar-refractivity contribution is 7.87. The molecule has 0 fully saturated rings. The lowest BCUT2D eigenvalue weighted by Gasteiger charge is -2.11. The van der Waals surface area contributed by atoms with Crippen LogP contribution >= 0.6 is 0 Å². The molecule has 0 saturated carbocycles. The quantitative estimate of drug-likeness (QED) is 0.795. The van der Waals surface area contributed by atoms with Crippen LogP contribution in [0.15, 0.2) is 41.3 Å². The molecule has 0 unspecified atom stereocenters. The first-order valence-electron chi connectivity index (χ1n) is 6.74. The van der Waals surface area contributed by atoms with Gasteiger partial charge in [-0.15, -0.1) is 0 Å². The first kappa shape index (κ1) is 17.5. The van der Waals surface area contributed by atoms with Gasteiger partial charge in [0.05, 0.1) is 11.1 Å². The van der Waals surface area contributed by atoms with Gasteiger partial charge in [0.25, 0.3) is 0 Å². The molecule has 2 rings (SSSR count). The zero-order valence-corrected chi connectivity index (χ0v) is 13.6. The molecule has 0 aromatic heterocycles. The highest BCUT2D eigenvalue weighted by atomic mass is 32.2. The van der Waals surface area contributed by atoms with Gasteiger partial charge in [0.2, 0.25) is 0 Å². The van der Waals surface area contributed by atoms with Gasteiger partial charge in [-0.25, -0.2) is 9.59 Å². The third-order valence-corrected chi connectivity index (χ3v) is 4.67. The van der Waals surface area contributed by atoms with Crippen LogP contribution in [0.25, 0.3) is 0 Å². The smallest absolute Gasteiger partial charge is 0.339 e.